The molecule has 0 aliphatic carbocycles. The van der Waals surface area contributed by atoms with Crippen LogP contribution >= 0.6 is 11.6 Å². The van der Waals surface area contributed by atoms with Gasteiger partial charge in [-0.25, -0.2) is 0 Å². The monoisotopic (exact) mass is 398 g/mol. The first-order valence-electron chi connectivity index (χ1n) is 8.74. The maximum Gasteiger partial charge on any atom is 0.323 e. The highest BCUT2D eigenvalue weighted by atomic mass is 35.5. The largest absolute Gasteiger partial charge is 0.548 e. The molecule has 0 spiro atoms. The molecule has 0 radical (unpaired) electrons. The van der Waals surface area contributed by atoms with Gasteiger partial charge in [-0.05, 0) is 49.9 Å². The zero-order valence-corrected chi connectivity index (χ0v) is 15.9. The summed E-state index contributed by atoms with van der Waals surface area (Å²) in [6.07, 6.45) is 1.77. The quantitative estimate of drug-likeness (QED) is 0.433. The molecule has 0 aromatic heterocycles. The number of hydrogen-bond acceptors (Lipinski definition) is 6. The molecule has 1 aromatic carbocycles. The van der Waals surface area contributed by atoms with Crippen molar-refractivity contribution in [1.82, 2.24) is 5.32 Å². The summed E-state index contributed by atoms with van der Waals surface area (Å²) in [5, 5.41) is 23.0. The molecule has 0 saturated carbocycles. The first kappa shape index (κ1) is 22.7. The van der Waals surface area contributed by atoms with E-state index in [1.54, 1.807) is 31.2 Å². The molecule has 0 heterocycles. The van der Waals surface area contributed by atoms with Crippen molar-refractivity contribution in [2.24, 2.45) is 5.73 Å². The Labute approximate surface area is 163 Å². The Kier molecular flexibility index (Phi) is 9.60. The van der Waals surface area contributed by atoms with Crippen molar-refractivity contribution >= 4 is 35.1 Å². The molecule has 0 bridgehead atoms. The molecule has 4 N–H and O–H groups in total. The van der Waals surface area contributed by atoms with Gasteiger partial charge in [-0.15, -0.1) is 0 Å². The van der Waals surface area contributed by atoms with Crippen molar-refractivity contribution in [2.75, 3.05) is 18.0 Å². The van der Waals surface area contributed by atoms with Crippen LogP contribution in [0.25, 0.3) is 0 Å². The smallest absolute Gasteiger partial charge is 0.323 e. The molecule has 8 nitrogen and oxygen atoms in total. The highest BCUT2D eigenvalue weighted by Gasteiger charge is 2.26. The van der Waals surface area contributed by atoms with Gasteiger partial charge in [-0.3, -0.25) is 9.59 Å². The van der Waals surface area contributed by atoms with Gasteiger partial charge in [0.25, 0.3) is 0 Å². The van der Waals surface area contributed by atoms with Gasteiger partial charge >= 0.3 is 5.97 Å². The molecular formula is C18H25ClN3O5-. The van der Waals surface area contributed by atoms with Crippen LogP contribution in [0.3, 0.4) is 0 Å². The summed E-state index contributed by atoms with van der Waals surface area (Å²) in [4.78, 5) is 35.9. The summed E-state index contributed by atoms with van der Waals surface area (Å²) in [6.45, 7) is 1.82. The summed E-state index contributed by atoms with van der Waals surface area (Å²) < 4.78 is 0. The molecule has 0 fully saturated rings. The van der Waals surface area contributed by atoms with Gasteiger partial charge in [0.1, 0.15) is 12.6 Å². The van der Waals surface area contributed by atoms with Crippen LogP contribution in [0, 0.1) is 0 Å². The molecule has 27 heavy (non-hydrogen) atoms. The molecule has 150 valence electrons. The number of carboxylic acids is 2. The Morgan fingerprint density at radius 3 is 2.41 bits per heavy atom. The average Bonchev–Trinajstić information content (AvgIpc) is 2.61. The standard InChI is InChI=1S/C18H26ClN3O5/c1-2-15(17(25)21-10-4-3-5-14(20)18(26)27)22(11-16(23)24)13-8-6-12(19)7-9-13/h6-9,14-15H,2-5,10-11,20H2,1H3,(H,21,25)(H,23,24)(H,26,27)/p-1/t14-,15+/m0/s1. The van der Waals surface area contributed by atoms with Crippen molar-refractivity contribution < 1.29 is 24.6 Å². The van der Waals surface area contributed by atoms with Crippen molar-refractivity contribution in [3.63, 3.8) is 0 Å². The van der Waals surface area contributed by atoms with Crippen LogP contribution < -0.4 is 21.1 Å². The molecule has 1 amide bonds. The fourth-order valence-electron chi connectivity index (χ4n) is 2.64. The number of benzene rings is 1. The van der Waals surface area contributed by atoms with Crippen LogP contribution in [0.4, 0.5) is 5.69 Å². The van der Waals surface area contributed by atoms with E-state index in [1.165, 1.54) is 4.90 Å². The summed E-state index contributed by atoms with van der Waals surface area (Å²) >= 11 is 5.87. The van der Waals surface area contributed by atoms with Gasteiger partial charge in [0.15, 0.2) is 0 Å². The minimum atomic E-state index is -1.29. The topological polar surface area (TPSA) is 136 Å². The lowest BCUT2D eigenvalue weighted by Crippen LogP contribution is -2.49. The normalized spacial score (nSPS) is 12.9. The number of rotatable bonds is 12. The van der Waals surface area contributed by atoms with Crippen molar-refractivity contribution in [3.05, 3.63) is 29.3 Å². The first-order chi connectivity index (χ1) is 12.8. The third-order valence-electron chi connectivity index (χ3n) is 4.07. The number of hydrogen-bond donors (Lipinski definition) is 3. The maximum absolute atomic E-state index is 12.5. The Bertz CT molecular complexity index is 638. The zero-order chi connectivity index (χ0) is 20.4. The third-order valence-corrected chi connectivity index (χ3v) is 4.33. The van der Waals surface area contributed by atoms with Gasteiger partial charge < -0.3 is 31.0 Å². The number of nitrogens with two attached hydrogens (primary N) is 1. The molecule has 0 aliphatic heterocycles. The van der Waals surface area contributed by atoms with Gasteiger partial charge in [0, 0.05) is 23.3 Å². The second-order valence-electron chi connectivity index (χ2n) is 6.13. The number of carboxylic acid groups (broad SMARTS) is 2. The van der Waals surface area contributed by atoms with E-state index in [9.17, 15) is 24.6 Å². The van der Waals surface area contributed by atoms with E-state index in [4.69, 9.17) is 17.3 Å². The molecule has 9 heteroatoms. The van der Waals surface area contributed by atoms with E-state index >= 15 is 0 Å². The van der Waals surface area contributed by atoms with E-state index in [0.717, 1.165) is 0 Å². The highest BCUT2D eigenvalue weighted by molar-refractivity contribution is 6.30. The number of aliphatic carboxylic acids is 2. The van der Waals surface area contributed by atoms with Crippen molar-refractivity contribution in [1.29, 1.82) is 0 Å². The molecule has 2 atom stereocenters. The lowest BCUT2D eigenvalue weighted by atomic mass is 10.1. The Morgan fingerprint density at radius 2 is 1.89 bits per heavy atom. The Morgan fingerprint density at radius 1 is 1.26 bits per heavy atom. The van der Waals surface area contributed by atoms with Gasteiger partial charge in [-0.2, -0.15) is 0 Å². The van der Waals surface area contributed by atoms with Gasteiger partial charge in [-0.1, -0.05) is 18.5 Å². The maximum atomic E-state index is 12.5. The van der Waals surface area contributed by atoms with Crippen LogP contribution in [-0.4, -0.2) is 48.1 Å². The second kappa shape index (κ2) is 11.4. The molecule has 0 aliphatic rings. The van der Waals surface area contributed by atoms with E-state index in [2.05, 4.69) is 5.32 Å². The Balaban J connectivity index is 2.67. The third kappa shape index (κ3) is 7.84. The minimum Gasteiger partial charge on any atom is -0.548 e. The SMILES string of the molecule is CC[C@H](C(=O)NCCCC[C@H](N)C(=O)[O-])N(CC(=O)O)c1ccc(Cl)cc1. The number of amides is 1. The van der Waals surface area contributed by atoms with E-state index in [0.29, 0.717) is 36.5 Å². The lowest BCUT2D eigenvalue weighted by molar-refractivity contribution is -0.307. The molecule has 0 unspecified atom stereocenters. The van der Waals surface area contributed by atoms with Crippen molar-refractivity contribution in [3.8, 4) is 0 Å². The number of carbonyl (C=O) groups excluding carboxylic acids is 2. The predicted octanol–water partition coefficient (Wildman–Crippen LogP) is 0.373. The zero-order valence-electron chi connectivity index (χ0n) is 15.2. The number of nitrogens with zero attached hydrogens (tertiary/aromatic N) is 1. The lowest BCUT2D eigenvalue weighted by Gasteiger charge is -2.31. The summed E-state index contributed by atoms with van der Waals surface area (Å²) in [5.41, 5.74) is 5.96. The van der Waals surface area contributed by atoms with E-state index in [1.807, 2.05) is 0 Å². The van der Waals surface area contributed by atoms with Gasteiger partial charge in [0.2, 0.25) is 5.91 Å². The minimum absolute atomic E-state index is 0.269. The van der Waals surface area contributed by atoms with E-state index in [-0.39, 0.29) is 18.9 Å². The fraction of sp³-hybridized carbons (Fsp3) is 0.500. The average molecular weight is 399 g/mol. The van der Waals surface area contributed by atoms with Gasteiger partial charge in [0.05, 0.1) is 5.97 Å². The molecule has 0 saturated heterocycles. The van der Waals surface area contributed by atoms with E-state index < -0.39 is 24.0 Å². The first-order valence-corrected chi connectivity index (χ1v) is 9.12. The van der Waals surface area contributed by atoms with Crippen LogP contribution in [0.15, 0.2) is 24.3 Å². The highest BCUT2D eigenvalue weighted by Crippen LogP contribution is 2.21. The summed E-state index contributed by atoms with van der Waals surface area (Å²) in [6, 6.07) is 4.94. The summed E-state index contributed by atoms with van der Waals surface area (Å²) in [7, 11) is 0. The van der Waals surface area contributed by atoms with Crippen LogP contribution in [0.5, 0.6) is 0 Å². The molecule has 1 aromatic rings. The Hall–Kier alpha value is -2.32. The number of carbonyl (C=O) groups is 3. The molecule has 1 rings (SSSR count). The number of unbranched alkanes of at least 4 members (excludes halogenated alkanes) is 1. The number of halogens is 1. The molecular weight excluding hydrogens is 374 g/mol. The van der Waals surface area contributed by atoms with Crippen molar-refractivity contribution in [2.45, 2.75) is 44.7 Å². The second-order valence-corrected chi connectivity index (χ2v) is 6.57. The van der Waals surface area contributed by atoms with Crippen LogP contribution in [0.1, 0.15) is 32.6 Å². The fourth-order valence-corrected chi connectivity index (χ4v) is 2.77. The predicted molar refractivity (Wildman–Crippen MR) is 100 cm³/mol. The number of anilines is 1. The van der Waals surface area contributed by atoms with Crippen LogP contribution in [-0.2, 0) is 14.4 Å². The number of nitrogens with one attached hydrogen (secondary N) is 1. The summed E-state index contributed by atoms with van der Waals surface area (Å²) in [5.74, 6) is -2.64. The van der Waals surface area contributed by atoms with Crippen LogP contribution in [0.2, 0.25) is 5.02 Å².